The second kappa shape index (κ2) is 8.31. The normalized spacial score (nSPS) is 15.6. The average Bonchev–Trinajstić information content (AvgIpc) is 2.94. The van der Waals surface area contributed by atoms with Crippen LogP contribution in [-0.4, -0.2) is 52.9 Å². The quantitative estimate of drug-likeness (QED) is 0.815. The molecule has 0 spiro atoms. The molecule has 3 heterocycles. The third-order valence-electron chi connectivity index (χ3n) is 4.97. The van der Waals surface area contributed by atoms with Gasteiger partial charge < -0.3 is 10.6 Å². The summed E-state index contributed by atoms with van der Waals surface area (Å²) in [5, 5.41) is 0. The lowest BCUT2D eigenvalue weighted by Gasteiger charge is -2.25. The molecular formula is C21H31N5O. The van der Waals surface area contributed by atoms with E-state index in [1.807, 2.05) is 12.1 Å². The molecule has 2 aromatic heterocycles. The zero-order valence-corrected chi connectivity index (χ0v) is 16.1. The lowest BCUT2D eigenvalue weighted by atomic mass is 10.1. The Morgan fingerprint density at radius 2 is 2.11 bits per heavy atom. The van der Waals surface area contributed by atoms with Crippen molar-refractivity contribution < 1.29 is 7.65 Å². The Hall–Kier alpha value is -2.73. The van der Waals surface area contributed by atoms with E-state index in [2.05, 4.69) is 40.2 Å². The van der Waals surface area contributed by atoms with Crippen LogP contribution in [0, 0.1) is 0 Å². The summed E-state index contributed by atoms with van der Waals surface area (Å²) >= 11 is 0. The first-order valence-electron chi connectivity index (χ1n) is 9.38. The maximum absolute atomic E-state index is 12.9. The van der Waals surface area contributed by atoms with Crippen LogP contribution in [0.25, 0.3) is 6.08 Å². The van der Waals surface area contributed by atoms with E-state index >= 15 is 0 Å². The van der Waals surface area contributed by atoms with Crippen molar-refractivity contribution in [3.8, 4) is 0 Å². The van der Waals surface area contributed by atoms with Crippen molar-refractivity contribution in [1.29, 1.82) is 0 Å². The lowest BCUT2D eigenvalue weighted by Crippen LogP contribution is -2.35. The lowest BCUT2D eigenvalue weighted by molar-refractivity contribution is 0.103. The van der Waals surface area contributed by atoms with E-state index in [0.29, 0.717) is 17.3 Å². The van der Waals surface area contributed by atoms with Crippen molar-refractivity contribution in [3.05, 3.63) is 53.9 Å². The van der Waals surface area contributed by atoms with Crippen LogP contribution in [0.4, 0.5) is 11.6 Å². The topological polar surface area (TPSA) is 75.3 Å². The van der Waals surface area contributed by atoms with Crippen molar-refractivity contribution in [2.45, 2.75) is 26.3 Å². The van der Waals surface area contributed by atoms with Gasteiger partial charge in [0.2, 0.25) is 5.78 Å². The molecule has 1 fully saturated rings. The fourth-order valence-corrected chi connectivity index (χ4v) is 3.33. The average molecular weight is 370 g/mol. The number of nitrogens with zero attached hydrogens (tertiary/aromatic N) is 4. The minimum absolute atomic E-state index is 0. The number of carbonyl (C=O) groups excluding carboxylic acids is 1. The number of nitrogens with two attached hydrogens (primary N) is 1. The highest BCUT2D eigenvalue weighted by atomic mass is 16.1. The minimum Gasteiger partial charge on any atom is -0.383 e. The van der Waals surface area contributed by atoms with Crippen molar-refractivity contribution in [3.63, 3.8) is 0 Å². The van der Waals surface area contributed by atoms with Gasteiger partial charge in [0.15, 0.2) is 0 Å². The van der Waals surface area contributed by atoms with Crippen LogP contribution in [0.15, 0.2) is 37.0 Å². The number of anilines is 2. The van der Waals surface area contributed by atoms with E-state index in [1.54, 1.807) is 24.4 Å². The molecule has 0 radical (unpaired) electrons. The molecule has 0 amide bonds. The Balaban J connectivity index is 0.00000210. The number of hydrogen-bond donors (Lipinski definition) is 1. The number of ketones is 1. The third-order valence-corrected chi connectivity index (χ3v) is 4.97. The van der Waals surface area contributed by atoms with Gasteiger partial charge >= 0.3 is 0 Å². The summed E-state index contributed by atoms with van der Waals surface area (Å²) in [5.74, 6) is 0.821. The van der Waals surface area contributed by atoms with Gasteiger partial charge in [-0.1, -0.05) is 18.7 Å². The van der Waals surface area contributed by atoms with Crippen LogP contribution in [0.1, 0.15) is 44.7 Å². The van der Waals surface area contributed by atoms with E-state index in [1.165, 1.54) is 0 Å². The van der Waals surface area contributed by atoms with Crippen molar-refractivity contribution in [2.75, 3.05) is 36.8 Å². The van der Waals surface area contributed by atoms with Gasteiger partial charge in [0, 0.05) is 41.3 Å². The molecule has 27 heavy (non-hydrogen) atoms. The van der Waals surface area contributed by atoms with Crippen LogP contribution in [0.5, 0.6) is 0 Å². The van der Waals surface area contributed by atoms with Crippen LogP contribution >= 0.6 is 0 Å². The van der Waals surface area contributed by atoms with E-state index < -0.39 is 0 Å². The third kappa shape index (κ3) is 4.34. The van der Waals surface area contributed by atoms with Crippen LogP contribution in [-0.2, 0) is 0 Å². The smallest absolute Gasteiger partial charge is 0.215 e. The highest BCUT2D eigenvalue weighted by Crippen LogP contribution is 2.20. The van der Waals surface area contributed by atoms with Gasteiger partial charge in [-0.25, -0.2) is 9.97 Å². The van der Waals surface area contributed by atoms with E-state index in [4.69, 9.17) is 5.73 Å². The number of hydrogen-bond acceptors (Lipinski definition) is 6. The summed E-state index contributed by atoms with van der Waals surface area (Å²) in [5.41, 5.74) is 7.41. The van der Waals surface area contributed by atoms with Gasteiger partial charge in [-0.2, -0.15) is 0 Å². The largest absolute Gasteiger partial charge is 0.383 e. The summed E-state index contributed by atoms with van der Waals surface area (Å²) in [6.45, 7) is 12.1. The Kier molecular flexibility index (Phi) is 5.86. The fourth-order valence-electron chi connectivity index (χ4n) is 3.33. The molecule has 146 valence electrons. The van der Waals surface area contributed by atoms with Crippen LogP contribution in [0.2, 0.25) is 0 Å². The number of pyridine rings is 2. The molecule has 2 N–H and O–H groups in total. The first kappa shape index (κ1) is 19.0. The summed E-state index contributed by atoms with van der Waals surface area (Å²) in [4.78, 5) is 26.4. The van der Waals surface area contributed by atoms with E-state index in [9.17, 15) is 4.79 Å². The van der Waals surface area contributed by atoms with Crippen LogP contribution < -0.4 is 10.6 Å². The Bertz CT molecular complexity index is 844. The second-order valence-electron chi connectivity index (χ2n) is 7.09. The maximum atomic E-state index is 12.9. The Labute approximate surface area is 163 Å². The number of nitrogen functional groups attached to an aromatic ring is 1. The molecular weight excluding hydrogens is 338 g/mol. The molecule has 2 aromatic rings. The monoisotopic (exact) mass is 369 g/mol. The molecule has 1 aliphatic heterocycles. The van der Waals surface area contributed by atoms with Gasteiger partial charge in [0.05, 0.1) is 5.56 Å². The summed E-state index contributed by atoms with van der Waals surface area (Å²) in [6.07, 6.45) is 4.32. The number of carbonyl (C=O) groups is 1. The SMILES string of the molecule is C=Cc1cnc(N)c(C(=O)c2cccc(N3CCCN(C(C)C)CC3)n2)c1.[HH].[HH]. The number of rotatable bonds is 5. The maximum Gasteiger partial charge on any atom is 0.215 e. The highest BCUT2D eigenvalue weighted by Gasteiger charge is 2.20. The molecule has 6 heteroatoms. The van der Waals surface area contributed by atoms with Gasteiger partial charge in [-0.3, -0.25) is 9.69 Å². The molecule has 0 saturated carbocycles. The van der Waals surface area contributed by atoms with Crippen LogP contribution in [0.3, 0.4) is 0 Å². The zero-order chi connectivity index (χ0) is 19.4. The van der Waals surface area contributed by atoms with Crippen molar-refractivity contribution in [2.24, 2.45) is 0 Å². The molecule has 3 rings (SSSR count). The summed E-state index contributed by atoms with van der Waals surface area (Å²) in [7, 11) is 0. The van der Waals surface area contributed by atoms with Crippen molar-refractivity contribution in [1.82, 2.24) is 14.9 Å². The second-order valence-corrected chi connectivity index (χ2v) is 7.09. The van der Waals surface area contributed by atoms with Gasteiger partial charge in [0.1, 0.15) is 17.3 Å². The summed E-state index contributed by atoms with van der Waals surface area (Å²) < 4.78 is 0. The summed E-state index contributed by atoms with van der Waals surface area (Å²) in [6, 6.07) is 7.81. The molecule has 6 nitrogen and oxygen atoms in total. The van der Waals surface area contributed by atoms with Gasteiger partial charge in [-0.15, -0.1) is 0 Å². The predicted molar refractivity (Wildman–Crippen MR) is 114 cm³/mol. The fraction of sp³-hybridized carbons (Fsp3) is 0.381. The molecule has 0 atom stereocenters. The van der Waals surface area contributed by atoms with Crippen molar-refractivity contribution >= 4 is 23.5 Å². The minimum atomic E-state index is -0.218. The van der Waals surface area contributed by atoms with Gasteiger partial charge in [0.25, 0.3) is 0 Å². The molecule has 1 aliphatic rings. The molecule has 0 aliphatic carbocycles. The molecule has 0 aromatic carbocycles. The van der Waals surface area contributed by atoms with E-state index in [-0.39, 0.29) is 14.5 Å². The first-order chi connectivity index (χ1) is 13.0. The Morgan fingerprint density at radius 3 is 2.85 bits per heavy atom. The number of aromatic nitrogens is 2. The van der Waals surface area contributed by atoms with Gasteiger partial charge in [-0.05, 0) is 44.0 Å². The first-order valence-corrected chi connectivity index (χ1v) is 9.38. The van der Waals surface area contributed by atoms with E-state index in [0.717, 1.165) is 44.0 Å². The zero-order valence-electron chi connectivity index (χ0n) is 16.1. The highest BCUT2D eigenvalue weighted by molar-refractivity contribution is 6.10. The molecule has 1 saturated heterocycles. The Morgan fingerprint density at radius 1 is 1.30 bits per heavy atom. The molecule has 0 unspecified atom stereocenters. The molecule has 0 bridgehead atoms. The standard InChI is InChI=1S/C21H27N5O.2H2/c1-4-16-13-17(21(22)23-14-16)20(27)18-7-5-8-19(24-18)26-10-6-9-25(11-12-26)15(2)3;;/h4-5,7-8,13-15H,1,6,9-12H2,2-3H3,(H2,22,23);2*1H. The predicted octanol–water partition coefficient (Wildman–Crippen LogP) is 3.35.